The van der Waals surface area contributed by atoms with Gasteiger partial charge in [0.2, 0.25) is 5.91 Å². The minimum absolute atomic E-state index is 0. The summed E-state index contributed by atoms with van der Waals surface area (Å²) in [6, 6.07) is 4.85. The van der Waals surface area contributed by atoms with E-state index < -0.39 is 11.9 Å². The Kier molecular flexibility index (Phi) is 8.50. The Balaban J connectivity index is 0.00000338. The Bertz CT molecular complexity index is 599. The molecule has 2 atom stereocenters. The average molecular weight is 386 g/mol. The van der Waals surface area contributed by atoms with E-state index in [1.807, 2.05) is 25.7 Å². The number of likely N-dealkylation sites (tertiary alicyclic amines) is 1. The topological polar surface area (TPSA) is 75.4 Å². The molecule has 5 nitrogen and oxygen atoms in total. The zero-order chi connectivity index (χ0) is 18.6. The molecule has 1 aromatic rings. The van der Waals surface area contributed by atoms with E-state index >= 15 is 0 Å². The second-order valence-corrected chi connectivity index (χ2v) is 7.22. The summed E-state index contributed by atoms with van der Waals surface area (Å²) in [5, 5.41) is 2.81. The van der Waals surface area contributed by atoms with Gasteiger partial charge in [-0.05, 0) is 55.9 Å². The van der Waals surface area contributed by atoms with Crippen LogP contribution in [0.1, 0.15) is 44.0 Å². The minimum atomic E-state index is -0.593. The number of nitrogens with two attached hydrogens (primary N) is 1. The first-order valence-electron chi connectivity index (χ1n) is 8.90. The number of carbonyl (C=O) groups is 2. The third-order valence-corrected chi connectivity index (χ3v) is 4.92. The molecule has 2 unspecified atom stereocenters. The lowest BCUT2D eigenvalue weighted by atomic mass is 9.90. The SMILES string of the molecule is CC(C)C(NC(=O)c1ccc(F)cc1)C(=O)N1CCC(C(C)N)CC1.Cl. The molecule has 3 N–H and O–H groups in total. The number of halogens is 2. The predicted octanol–water partition coefficient (Wildman–Crippen LogP) is 2.59. The van der Waals surface area contributed by atoms with Gasteiger partial charge in [-0.15, -0.1) is 12.4 Å². The van der Waals surface area contributed by atoms with Gasteiger partial charge in [0.25, 0.3) is 5.91 Å². The molecular formula is C19H29ClFN3O2. The molecule has 0 saturated carbocycles. The van der Waals surface area contributed by atoms with Crippen molar-refractivity contribution in [1.82, 2.24) is 10.2 Å². The molecule has 0 bridgehead atoms. The van der Waals surface area contributed by atoms with Gasteiger partial charge in [-0.1, -0.05) is 13.8 Å². The summed E-state index contributed by atoms with van der Waals surface area (Å²) in [6.45, 7) is 7.15. The molecule has 0 spiro atoms. The third-order valence-electron chi connectivity index (χ3n) is 4.92. The van der Waals surface area contributed by atoms with Crippen LogP contribution in [0.4, 0.5) is 4.39 Å². The largest absolute Gasteiger partial charge is 0.341 e. The van der Waals surface area contributed by atoms with E-state index in [-0.39, 0.29) is 36.2 Å². The van der Waals surface area contributed by atoms with Crippen molar-refractivity contribution in [2.75, 3.05) is 13.1 Å². The van der Waals surface area contributed by atoms with E-state index in [4.69, 9.17) is 5.73 Å². The number of piperidine rings is 1. The molecule has 0 aliphatic carbocycles. The molecule has 0 aromatic heterocycles. The molecule has 2 amide bonds. The van der Waals surface area contributed by atoms with Crippen LogP contribution in [-0.2, 0) is 4.79 Å². The number of carbonyl (C=O) groups excluding carboxylic acids is 2. The van der Waals surface area contributed by atoms with E-state index in [1.165, 1.54) is 24.3 Å². The average Bonchev–Trinajstić information content (AvgIpc) is 2.59. The lowest BCUT2D eigenvalue weighted by molar-refractivity contribution is -0.135. The van der Waals surface area contributed by atoms with Crippen LogP contribution in [0.25, 0.3) is 0 Å². The van der Waals surface area contributed by atoms with Crippen LogP contribution in [0.15, 0.2) is 24.3 Å². The fraction of sp³-hybridized carbons (Fsp3) is 0.579. The second kappa shape index (κ2) is 9.88. The first kappa shape index (κ1) is 22.4. The molecule has 146 valence electrons. The first-order chi connectivity index (χ1) is 11.8. The van der Waals surface area contributed by atoms with Crippen LogP contribution in [0, 0.1) is 17.7 Å². The molecule has 1 fully saturated rings. The Morgan fingerprint density at radius 3 is 2.15 bits per heavy atom. The van der Waals surface area contributed by atoms with Crippen molar-refractivity contribution >= 4 is 24.2 Å². The van der Waals surface area contributed by atoms with Crippen LogP contribution < -0.4 is 11.1 Å². The first-order valence-corrected chi connectivity index (χ1v) is 8.90. The van der Waals surface area contributed by atoms with Crippen molar-refractivity contribution in [2.45, 2.75) is 45.7 Å². The van der Waals surface area contributed by atoms with E-state index in [1.54, 1.807) is 0 Å². The predicted molar refractivity (Wildman–Crippen MR) is 103 cm³/mol. The minimum Gasteiger partial charge on any atom is -0.341 e. The Morgan fingerprint density at radius 2 is 1.69 bits per heavy atom. The number of nitrogens with one attached hydrogen (secondary N) is 1. The highest BCUT2D eigenvalue weighted by Crippen LogP contribution is 2.21. The lowest BCUT2D eigenvalue weighted by Crippen LogP contribution is -2.53. The summed E-state index contributed by atoms with van der Waals surface area (Å²) in [4.78, 5) is 27.0. The van der Waals surface area contributed by atoms with Gasteiger partial charge in [-0.3, -0.25) is 9.59 Å². The number of benzene rings is 1. The molecule has 1 saturated heterocycles. The summed E-state index contributed by atoms with van der Waals surface area (Å²) in [7, 11) is 0. The summed E-state index contributed by atoms with van der Waals surface area (Å²) in [6.07, 6.45) is 1.78. The maximum absolute atomic E-state index is 13.0. The molecule has 1 aliphatic rings. The van der Waals surface area contributed by atoms with Crippen LogP contribution in [-0.4, -0.2) is 41.9 Å². The summed E-state index contributed by atoms with van der Waals surface area (Å²) >= 11 is 0. The Hall–Kier alpha value is -1.66. The maximum Gasteiger partial charge on any atom is 0.251 e. The van der Waals surface area contributed by atoms with Gasteiger partial charge in [0, 0.05) is 24.7 Å². The summed E-state index contributed by atoms with van der Waals surface area (Å²) < 4.78 is 13.0. The molecular weight excluding hydrogens is 357 g/mol. The fourth-order valence-electron chi connectivity index (χ4n) is 3.18. The van der Waals surface area contributed by atoms with Crippen molar-refractivity contribution in [3.05, 3.63) is 35.6 Å². The van der Waals surface area contributed by atoms with Crippen molar-refractivity contribution in [1.29, 1.82) is 0 Å². The molecule has 1 heterocycles. The maximum atomic E-state index is 13.0. The zero-order valence-electron chi connectivity index (χ0n) is 15.6. The molecule has 7 heteroatoms. The quantitative estimate of drug-likeness (QED) is 0.818. The Morgan fingerprint density at radius 1 is 1.15 bits per heavy atom. The van der Waals surface area contributed by atoms with Gasteiger partial charge in [0.1, 0.15) is 11.9 Å². The van der Waals surface area contributed by atoms with Crippen molar-refractivity contribution in [2.24, 2.45) is 17.6 Å². The van der Waals surface area contributed by atoms with Crippen LogP contribution in [0.5, 0.6) is 0 Å². The molecule has 1 aliphatic heterocycles. The zero-order valence-corrected chi connectivity index (χ0v) is 16.4. The van der Waals surface area contributed by atoms with Crippen LogP contribution in [0.3, 0.4) is 0 Å². The van der Waals surface area contributed by atoms with Gasteiger partial charge in [0.05, 0.1) is 0 Å². The lowest BCUT2D eigenvalue weighted by Gasteiger charge is -2.36. The second-order valence-electron chi connectivity index (χ2n) is 7.22. The van der Waals surface area contributed by atoms with Crippen LogP contribution in [0.2, 0.25) is 0 Å². The summed E-state index contributed by atoms with van der Waals surface area (Å²) in [5.41, 5.74) is 6.29. The van der Waals surface area contributed by atoms with Gasteiger partial charge in [-0.2, -0.15) is 0 Å². The number of nitrogens with zero attached hydrogens (tertiary/aromatic N) is 1. The highest BCUT2D eigenvalue weighted by atomic mass is 35.5. The number of amides is 2. The van der Waals surface area contributed by atoms with E-state index in [0.29, 0.717) is 24.6 Å². The normalized spacial score (nSPS) is 17.4. The summed E-state index contributed by atoms with van der Waals surface area (Å²) in [5.74, 6) is -0.422. The van der Waals surface area contributed by atoms with E-state index in [0.717, 1.165) is 12.8 Å². The fourth-order valence-corrected chi connectivity index (χ4v) is 3.18. The standard InChI is InChI=1S/C19H28FN3O2.ClH/c1-12(2)17(22-18(24)15-4-6-16(20)7-5-15)19(25)23-10-8-14(9-11-23)13(3)21;/h4-7,12-14,17H,8-11,21H2,1-3H3,(H,22,24);1H. The van der Waals surface area contributed by atoms with Crippen molar-refractivity contribution in [3.8, 4) is 0 Å². The molecule has 26 heavy (non-hydrogen) atoms. The third kappa shape index (κ3) is 5.68. The van der Waals surface area contributed by atoms with Crippen LogP contribution >= 0.6 is 12.4 Å². The molecule has 0 radical (unpaired) electrons. The van der Waals surface area contributed by atoms with E-state index in [2.05, 4.69) is 5.32 Å². The van der Waals surface area contributed by atoms with E-state index in [9.17, 15) is 14.0 Å². The number of rotatable bonds is 5. The Labute approximate surface area is 160 Å². The molecule has 1 aromatic carbocycles. The number of hydrogen-bond donors (Lipinski definition) is 2. The van der Waals surface area contributed by atoms with Gasteiger partial charge in [-0.25, -0.2) is 4.39 Å². The van der Waals surface area contributed by atoms with Crippen molar-refractivity contribution in [3.63, 3.8) is 0 Å². The van der Waals surface area contributed by atoms with Gasteiger partial charge >= 0.3 is 0 Å². The highest BCUT2D eigenvalue weighted by molar-refractivity contribution is 5.97. The van der Waals surface area contributed by atoms with Crippen molar-refractivity contribution < 1.29 is 14.0 Å². The highest BCUT2D eigenvalue weighted by Gasteiger charge is 2.32. The monoisotopic (exact) mass is 385 g/mol. The number of hydrogen-bond acceptors (Lipinski definition) is 3. The smallest absolute Gasteiger partial charge is 0.251 e. The molecule has 2 rings (SSSR count). The van der Waals surface area contributed by atoms with Gasteiger partial charge in [0.15, 0.2) is 0 Å². The van der Waals surface area contributed by atoms with Gasteiger partial charge < -0.3 is 16.0 Å².